The van der Waals surface area contributed by atoms with Crippen molar-refractivity contribution in [2.24, 2.45) is 11.8 Å². The highest BCUT2D eigenvalue weighted by Crippen LogP contribution is 2.19. The zero-order valence-corrected chi connectivity index (χ0v) is 15.4. The topological polar surface area (TPSA) is 66.5 Å². The minimum Gasteiger partial charge on any atom is -0.356 e. The van der Waals surface area contributed by atoms with Crippen LogP contribution in [0.2, 0.25) is 0 Å². The lowest BCUT2D eigenvalue weighted by Gasteiger charge is -2.30. The highest BCUT2D eigenvalue weighted by atomic mass is 32.2. The number of carbonyl (C=O) groups is 1. The van der Waals surface area contributed by atoms with Crippen LogP contribution >= 0.6 is 0 Å². The summed E-state index contributed by atoms with van der Waals surface area (Å²) in [5.41, 5.74) is 1.28. The molecule has 5 nitrogen and oxygen atoms in total. The Kier molecular flexibility index (Phi) is 6.80. The van der Waals surface area contributed by atoms with E-state index in [0.717, 1.165) is 25.7 Å². The van der Waals surface area contributed by atoms with Gasteiger partial charge in [0, 0.05) is 19.6 Å². The molecule has 1 aromatic rings. The molecular formula is C18H28N2O3S. The van der Waals surface area contributed by atoms with E-state index in [2.05, 4.69) is 24.4 Å². The quantitative estimate of drug-likeness (QED) is 0.817. The third-order valence-electron chi connectivity index (χ3n) is 4.73. The third kappa shape index (κ3) is 5.60. The van der Waals surface area contributed by atoms with E-state index >= 15 is 0 Å². The van der Waals surface area contributed by atoms with Crippen molar-refractivity contribution in [2.45, 2.75) is 32.6 Å². The van der Waals surface area contributed by atoms with E-state index < -0.39 is 10.0 Å². The molecule has 2 atom stereocenters. The first-order valence-corrected chi connectivity index (χ1v) is 10.5. The van der Waals surface area contributed by atoms with Gasteiger partial charge in [0.05, 0.1) is 12.2 Å². The van der Waals surface area contributed by atoms with Crippen LogP contribution in [0.1, 0.15) is 31.7 Å². The van der Waals surface area contributed by atoms with Crippen molar-refractivity contribution in [2.75, 3.05) is 25.9 Å². The Hall–Kier alpha value is -1.40. The summed E-state index contributed by atoms with van der Waals surface area (Å²) < 4.78 is 24.7. The summed E-state index contributed by atoms with van der Waals surface area (Å²) in [5, 5.41) is 3.04. The van der Waals surface area contributed by atoms with Gasteiger partial charge in [-0.15, -0.1) is 0 Å². The molecule has 6 heteroatoms. The lowest BCUT2D eigenvalue weighted by atomic mass is 9.95. The van der Waals surface area contributed by atoms with E-state index in [1.165, 1.54) is 16.1 Å². The van der Waals surface area contributed by atoms with Crippen molar-refractivity contribution in [3.05, 3.63) is 35.9 Å². The Morgan fingerprint density at radius 2 is 2.04 bits per heavy atom. The van der Waals surface area contributed by atoms with E-state index in [-0.39, 0.29) is 11.8 Å². The van der Waals surface area contributed by atoms with Crippen molar-refractivity contribution < 1.29 is 13.2 Å². The number of sulfonamides is 1. The molecule has 2 unspecified atom stereocenters. The van der Waals surface area contributed by atoms with Gasteiger partial charge in [-0.2, -0.15) is 0 Å². The summed E-state index contributed by atoms with van der Waals surface area (Å²) in [6, 6.07) is 10.3. The van der Waals surface area contributed by atoms with E-state index in [9.17, 15) is 13.2 Å². The molecule has 1 aliphatic heterocycles. The second-order valence-corrected chi connectivity index (χ2v) is 8.65. The minimum absolute atomic E-state index is 0.0186. The Bertz CT molecular complexity index is 631. The summed E-state index contributed by atoms with van der Waals surface area (Å²) >= 11 is 0. The SMILES string of the molecule is CCC(CNC(=O)C1CCCN(S(C)(=O)=O)C1)Cc1ccccc1. The maximum atomic E-state index is 12.4. The molecule has 1 aromatic carbocycles. The van der Waals surface area contributed by atoms with Gasteiger partial charge in [-0.25, -0.2) is 12.7 Å². The van der Waals surface area contributed by atoms with E-state index in [4.69, 9.17) is 0 Å². The van der Waals surface area contributed by atoms with Crippen LogP contribution in [0.5, 0.6) is 0 Å². The number of piperidine rings is 1. The summed E-state index contributed by atoms with van der Waals surface area (Å²) in [6.45, 7) is 3.60. The zero-order chi connectivity index (χ0) is 17.6. The fourth-order valence-electron chi connectivity index (χ4n) is 3.16. The lowest BCUT2D eigenvalue weighted by molar-refractivity contribution is -0.126. The molecule has 1 fully saturated rings. The number of benzene rings is 1. The standard InChI is InChI=1S/C18H28N2O3S/c1-3-15(12-16-8-5-4-6-9-16)13-19-18(21)17-10-7-11-20(14-17)24(2,22)23/h4-6,8-9,15,17H,3,7,10-14H2,1-2H3,(H,19,21). The molecule has 1 saturated heterocycles. The maximum Gasteiger partial charge on any atom is 0.224 e. The molecule has 2 rings (SSSR count). The number of hydrogen-bond donors (Lipinski definition) is 1. The summed E-state index contributed by atoms with van der Waals surface area (Å²) in [5.74, 6) is 0.142. The van der Waals surface area contributed by atoms with Gasteiger partial charge >= 0.3 is 0 Å². The van der Waals surface area contributed by atoms with Crippen LogP contribution in [0.3, 0.4) is 0 Å². The van der Waals surface area contributed by atoms with Crippen LogP contribution < -0.4 is 5.32 Å². The van der Waals surface area contributed by atoms with Gasteiger partial charge in [0.1, 0.15) is 0 Å². The number of nitrogens with zero attached hydrogens (tertiary/aromatic N) is 1. The van der Waals surface area contributed by atoms with Crippen molar-refractivity contribution in [1.82, 2.24) is 9.62 Å². The summed E-state index contributed by atoms with van der Waals surface area (Å²) in [4.78, 5) is 12.4. The van der Waals surface area contributed by atoms with Crippen molar-refractivity contribution in [3.8, 4) is 0 Å². The Morgan fingerprint density at radius 1 is 1.33 bits per heavy atom. The first kappa shape index (κ1) is 18.9. The normalized spacial score (nSPS) is 20.5. The van der Waals surface area contributed by atoms with Crippen LogP contribution in [0.25, 0.3) is 0 Å². The highest BCUT2D eigenvalue weighted by Gasteiger charge is 2.30. The molecule has 1 N–H and O–H groups in total. The van der Waals surface area contributed by atoms with E-state index in [1.807, 2.05) is 18.2 Å². The Labute approximate surface area is 145 Å². The second kappa shape index (κ2) is 8.62. The van der Waals surface area contributed by atoms with Gasteiger partial charge in [0.2, 0.25) is 15.9 Å². The van der Waals surface area contributed by atoms with Crippen LogP contribution in [0.15, 0.2) is 30.3 Å². The molecular weight excluding hydrogens is 324 g/mol. The number of amides is 1. The molecule has 0 spiro atoms. The Morgan fingerprint density at radius 3 is 2.67 bits per heavy atom. The Balaban J connectivity index is 1.85. The average molecular weight is 353 g/mol. The van der Waals surface area contributed by atoms with Gasteiger partial charge in [-0.05, 0) is 30.7 Å². The first-order valence-electron chi connectivity index (χ1n) is 8.67. The molecule has 1 aliphatic rings. The van der Waals surface area contributed by atoms with Gasteiger partial charge in [-0.3, -0.25) is 4.79 Å². The van der Waals surface area contributed by atoms with Crippen molar-refractivity contribution >= 4 is 15.9 Å². The molecule has 0 aromatic heterocycles. The van der Waals surface area contributed by atoms with E-state index in [0.29, 0.717) is 25.6 Å². The van der Waals surface area contributed by atoms with Crippen LogP contribution in [-0.2, 0) is 21.2 Å². The van der Waals surface area contributed by atoms with Crippen LogP contribution in [0, 0.1) is 11.8 Å². The van der Waals surface area contributed by atoms with Crippen molar-refractivity contribution in [3.63, 3.8) is 0 Å². The highest BCUT2D eigenvalue weighted by molar-refractivity contribution is 7.88. The molecule has 0 radical (unpaired) electrons. The smallest absolute Gasteiger partial charge is 0.224 e. The predicted octanol–water partition coefficient (Wildman–Crippen LogP) is 2.04. The molecule has 0 saturated carbocycles. The fourth-order valence-corrected chi connectivity index (χ4v) is 4.07. The van der Waals surface area contributed by atoms with Gasteiger partial charge in [-0.1, -0.05) is 43.7 Å². The summed E-state index contributed by atoms with van der Waals surface area (Å²) in [6.07, 6.45) is 4.65. The molecule has 1 amide bonds. The monoisotopic (exact) mass is 352 g/mol. The third-order valence-corrected chi connectivity index (χ3v) is 6.00. The van der Waals surface area contributed by atoms with Gasteiger partial charge in [0.25, 0.3) is 0 Å². The van der Waals surface area contributed by atoms with Crippen LogP contribution in [-0.4, -0.2) is 44.5 Å². The van der Waals surface area contributed by atoms with Gasteiger partial charge < -0.3 is 5.32 Å². The maximum absolute atomic E-state index is 12.4. The second-order valence-electron chi connectivity index (χ2n) is 6.67. The lowest BCUT2D eigenvalue weighted by Crippen LogP contribution is -2.45. The number of carbonyl (C=O) groups excluding carboxylic acids is 1. The van der Waals surface area contributed by atoms with E-state index in [1.54, 1.807) is 0 Å². The number of nitrogens with one attached hydrogen (secondary N) is 1. The summed E-state index contributed by atoms with van der Waals surface area (Å²) in [7, 11) is -3.22. The predicted molar refractivity (Wildman–Crippen MR) is 96.1 cm³/mol. The van der Waals surface area contributed by atoms with Crippen LogP contribution in [0.4, 0.5) is 0 Å². The number of rotatable bonds is 7. The molecule has 0 bridgehead atoms. The number of hydrogen-bond acceptors (Lipinski definition) is 3. The minimum atomic E-state index is -3.22. The zero-order valence-electron chi connectivity index (χ0n) is 14.6. The molecule has 1 heterocycles. The van der Waals surface area contributed by atoms with Gasteiger partial charge in [0.15, 0.2) is 0 Å². The largest absolute Gasteiger partial charge is 0.356 e. The van der Waals surface area contributed by atoms with Crippen molar-refractivity contribution in [1.29, 1.82) is 0 Å². The first-order chi connectivity index (χ1) is 11.4. The molecule has 0 aliphatic carbocycles. The fraction of sp³-hybridized carbons (Fsp3) is 0.611. The molecule has 134 valence electrons. The molecule has 24 heavy (non-hydrogen) atoms. The average Bonchev–Trinajstić information content (AvgIpc) is 2.58.